The summed E-state index contributed by atoms with van der Waals surface area (Å²) in [6.45, 7) is 4.23. The molecule has 1 saturated carbocycles. The Balaban J connectivity index is 1.85. The van der Waals surface area contributed by atoms with E-state index in [4.69, 9.17) is 4.74 Å². The maximum absolute atomic E-state index is 6.02. The van der Waals surface area contributed by atoms with E-state index in [1.807, 2.05) is 0 Å². The topological polar surface area (TPSA) is 21.3 Å². The molecule has 1 fully saturated rings. The first-order chi connectivity index (χ1) is 9.79. The first-order valence-electron chi connectivity index (χ1n) is 7.86. The molecule has 112 valence electrons. The zero-order valence-corrected chi connectivity index (χ0v) is 14.6. The third kappa shape index (κ3) is 5.24. The van der Waals surface area contributed by atoms with E-state index >= 15 is 0 Å². The van der Waals surface area contributed by atoms with Crippen LogP contribution in [-0.2, 0) is 0 Å². The molecule has 0 saturated heterocycles. The van der Waals surface area contributed by atoms with Gasteiger partial charge in [0, 0.05) is 29.4 Å². The van der Waals surface area contributed by atoms with Crippen molar-refractivity contribution in [3.05, 3.63) is 29.8 Å². The number of ether oxygens (including phenoxy) is 1. The normalized spacial score (nSPS) is 17.9. The fourth-order valence-electron chi connectivity index (χ4n) is 2.92. The Kier molecular flexibility index (Phi) is 7.14. The Hall–Kier alpha value is -0.290. The van der Waals surface area contributed by atoms with Gasteiger partial charge in [0.1, 0.15) is 5.75 Å². The van der Waals surface area contributed by atoms with Gasteiger partial charge in [0.15, 0.2) is 0 Å². The van der Waals surface area contributed by atoms with Crippen LogP contribution >= 0.6 is 22.9 Å². The number of hydrogen-bond acceptors (Lipinski definition) is 2. The summed E-state index contributed by atoms with van der Waals surface area (Å²) >= 11 is 2.21. The highest BCUT2D eigenvalue weighted by Crippen LogP contribution is 2.26. The Morgan fingerprint density at radius 3 is 2.85 bits per heavy atom. The zero-order valence-electron chi connectivity index (χ0n) is 12.4. The molecule has 0 heterocycles. The van der Waals surface area contributed by atoms with Crippen molar-refractivity contribution in [2.75, 3.05) is 13.2 Å². The van der Waals surface area contributed by atoms with Crippen LogP contribution in [0.5, 0.6) is 5.75 Å². The summed E-state index contributed by atoms with van der Waals surface area (Å²) in [6, 6.07) is 8.65. The van der Waals surface area contributed by atoms with Crippen molar-refractivity contribution in [2.24, 2.45) is 5.92 Å². The van der Waals surface area contributed by atoms with Crippen molar-refractivity contribution in [1.29, 1.82) is 0 Å². The van der Waals surface area contributed by atoms with Gasteiger partial charge in [-0.2, -0.15) is 0 Å². The van der Waals surface area contributed by atoms with E-state index in [1.165, 1.54) is 37.7 Å². The van der Waals surface area contributed by atoms with Crippen LogP contribution in [0.1, 0.15) is 56.9 Å². The Bertz CT molecular complexity index is 390. The number of hydrogen-bond donors (Lipinski definition) is 1. The van der Waals surface area contributed by atoms with Crippen LogP contribution in [0, 0.1) is 5.92 Å². The first kappa shape index (κ1) is 16.1. The highest BCUT2D eigenvalue weighted by Gasteiger charge is 2.14. The molecule has 1 aliphatic carbocycles. The number of nitrogens with one attached hydrogen (secondary N) is 1. The molecule has 1 aromatic carbocycles. The highest BCUT2D eigenvalue weighted by atomic mass is 127. The lowest BCUT2D eigenvalue weighted by atomic mass is 9.90. The third-order valence-electron chi connectivity index (χ3n) is 4.31. The Morgan fingerprint density at radius 1 is 1.30 bits per heavy atom. The number of benzene rings is 1. The standard InChI is InChI=1S/C17H26INO/c1-14(10-11-19-18)16-8-5-9-17(12-16)20-13-15-6-3-2-4-7-15/h5,8-9,12,14-15,19H,2-4,6-7,10-11,13H2,1H3. The largest absolute Gasteiger partial charge is 0.493 e. The molecule has 1 aliphatic rings. The van der Waals surface area contributed by atoms with E-state index in [0.29, 0.717) is 5.92 Å². The molecule has 2 nitrogen and oxygen atoms in total. The van der Waals surface area contributed by atoms with Crippen molar-refractivity contribution >= 4 is 22.9 Å². The average Bonchev–Trinajstić information content (AvgIpc) is 2.52. The lowest BCUT2D eigenvalue weighted by Crippen LogP contribution is -2.15. The molecular weight excluding hydrogens is 361 g/mol. The predicted molar refractivity (Wildman–Crippen MR) is 93.6 cm³/mol. The molecule has 20 heavy (non-hydrogen) atoms. The molecular formula is C17H26INO. The van der Waals surface area contributed by atoms with Crippen LogP contribution in [0.15, 0.2) is 24.3 Å². The van der Waals surface area contributed by atoms with E-state index < -0.39 is 0 Å². The minimum absolute atomic E-state index is 0.579. The maximum atomic E-state index is 6.02. The van der Waals surface area contributed by atoms with Gasteiger partial charge in [-0.25, -0.2) is 0 Å². The number of halogens is 1. The summed E-state index contributed by atoms with van der Waals surface area (Å²) in [7, 11) is 0. The van der Waals surface area contributed by atoms with Crippen LogP contribution in [0.25, 0.3) is 0 Å². The van der Waals surface area contributed by atoms with E-state index in [-0.39, 0.29) is 0 Å². The summed E-state index contributed by atoms with van der Waals surface area (Å²) in [4.78, 5) is 0. The van der Waals surface area contributed by atoms with Crippen molar-refractivity contribution in [3.8, 4) is 5.75 Å². The van der Waals surface area contributed by atoms with Crippen LogP contribution in [0.2, 0.25) is 0 Å². The second-order valence-corrected chi connectivity index (χ2v) is 6.72. The minimum atomic E-state index is 0.579. The molecule has 0 aliphatic heterocycles. The van der Waals surface area contributed by atoms with Gasteiger partial charge in [0.05, 0.1) is 6.61 Å². The van der Waals surface area contributed by atoms with Crippen molar-refractivity contribution in [1.82, 2.24) is 3.53 Å². The van der Waals surface area contributed by atoms with E-state index in [0.717, 1.165) is 31.2 Å². The maximum Gasteiger partial charge on any atom is 0.119 e. The van der Waals surface area contributed by atoms with Gasteiger partial charge in [-0.3, -0.25) is 3.53 Å². The monoisotopic (exact) mass is 387 g/mol. The summed E-state index contributed by atoms with van der Waals surface area (Å²) < 4.78 is 9.21. The lowest BCUT2D eigenvalue weighted by Gasteiger charge is -2.22. The van der Waals surface area contributed by atoms with Crippen LogP contribution < -0.4 is 8.27 Å². The van der Waals surface area contributed by atoms with Crippen LogP contribution in [0.3, 0.4) is 0 Å². The van der Waals surface area contributed by atoms with E-state index in [1.54, 1.807) is 0 Å². The molecule has 0 spiro atoms. The molecule has 1 unspecified atom stereocenters. The molecule has 0 amide bonds. The van der Waals surface area contributed by atoms with Gasteiger partial charge >= 0.3 is 0 Å². The first-order valence-corrected chi connectivity index (χ1v) is 8.93. The van der Waals surface area contributed by atoms with Gasteiger partial charge in [-0.1, -0.05) is 38.3 Å². The van der Waals surface area contributed by atoms with Gasteiger partial charge in [-0.15, -0.1) is 0 Å². The second kappa shape index (κ2) is 8.88. The Labute approximate surface area is 137 Å². The predicted octanol–water partition coefficient (Wildman–Crippen LogP) is 5.08. The summed E-state index contributed by atoms with van der Waals surface area (Å²) in [5.74, 6) is 2.39. The average molecular weight is 387 g/mol. The zero-order chi connectivity index (χ0) is 14.2. The molecule has 2 rings (SSSR count). The molecule has 1 N–H and O–H groups in total. The van der Waals surface area contributed by atoms with Crippen molar-refractivity contribution in [2.45, 2.75) is 51.4 Å². The number of rotatable bonds is 7. The van der Waals surface area contributed by atoms with Gasteiger partial charge in [0.2, 0.25) is 0 Å². The third-order valence-corrected chi connectivity index (χ3v) is 4.85. The quantitative estimate of drug-likeness (QED) is 0.521. The molecule has 3 heteroatoms. The fourth-order valence-corrected chi connectivity index (χ4v) is 3.23. The van der Waals surface area contributed by atoms with E-state index in [9.17, 15) is 0 Å². The minimum Gasteiger partial charge on any atom is -0.493 e. The molecule has 1 atom stereocenters. The van der Waals surface area contributed by atoms with Crippen LogP contribution in [0.4, 0.5) is 0 Å². The van der Waals surface area contributed by atoms with Gasteiger partial charge < -0.3 is 4.74 Å². The summed E-state index contributed by atoms with van der Waals surface area (Å²) in [5, 5.41) is 0. The highest BCUT2D eigenvalue weighted by molar-refractivity contribution is 14.1. The Morgan fingerprint density at radius 2 is 2.10 bits per heavy atom. The van der Waals surface area contributed by atoms with E-state index in [2.05, 4.69) is 57.6 Å². The van der Waals surface area contributed by atoms with Crippen LogP contribution in [-0.4, -0.2) is 13.2 Å². The SMILES string of the molecule is CC(CCNI)c1cccc(OCC2CCCCC2)c1. The molecule has 0 bridgehead atoms. The molecule has 0 aromatic heterocycles. The lowest BCUT2D eigenvalue weighted by molar-refractivity contribution is 0.208. The van der Waals surface area contributed by atoms with Gasteiger partial charge in [-0.05, 0) is 48.8 Å². The molecule has 0 radical (unpaired) electrons. The summed E-state index contributed by atoms with van der Waals surface area (Å²) in [6.07, 6.45) is 8.03. The van der Waals surface area contributed by atoms with Crippen molar-refractivity contribution in [3.63, 3.8) is 0 Å². The van der Waals surface area contributed by atoms with Gasteiger partial charge in [0.25, 0.3) is 0 Å². The fraction of sp³-hybridized carbons (Fsp3) is 0.647. The summed E-state index contributed by atoms with van der Waals surface area (Å²) in [5.41, 5.74) is 1.39. The smallest absolute Gasteiger partial charge is 0.119 e. The molecule has 1 aromatic rings. The second-order valence-electron chi connectivity index (χ2n) is 5.96. The van der Waals surface area contributed by atoms with Crippen molar-refractivity contribution < 1.29 is 4.74 Å².